The Morgan fingerprint density at radius 3 is 2.76 bits per heavy atom. The fourth-order valence-corrected chi connectivity index (χ4v) is 3.73. The van der Waals surface area contributed by atoms with Crippen molar-refractivity contribution in [1.29, 1.82) is 0 Å². The number of likely N-dealkylation sites (tertiary alicyclic amines) is 1. The van der Waals surface area contributed by atoms with Gasteiger partial charge in [0.15, 0.2) is 0 Å². The Bertz CT molecular complexity index is 440. The summed E-state index contributed by atoms with van der Waals surface area (Å²) in [7, 11) is 0. The van der Waals surface area contributed by atoms with Gasteiger partial charge in [-0.3, -0.25) is 4.90 Å². The van der Waals surface area contributed by atoms with E-state index in [2.05, 4.69) is 46.3 Å². The van der Waals surface area contributed by atoms with Gasteiger partial charge in [-0.15, -0.1) is 0 Å². The van der Waals surface area contributed by atoms with Gasteiger partial charge in [0.2, 0.25) is 0 Å². The van der Waals surface area contributed by atoms with Crippen LogP contribution < -0.4 is 10.2 Å². The third-order valence-electron chi connectivity index (χ3n) is 4.89. The van der Waals surface area contributed by atoms with E-state index in [4.69, 9.17) is 0 Å². The van der Waals surface area contributed by atoms with Gasteiger partial charge >= 0.3 is 0 Å². The first-order chi connectivity index (χ1) is 10.4. The fraction of sp³-hybridized carbons (Fsp3) is 0.667. The van der Waals surface area contributed by atoms with Gasteiger partial charge in [-0.2, -0.15) is 0 Å². The molecule has 2 fully saturated rings. The number of nitrogens with zero attached hydrogens (tertiary/aromatic N) is 2. The molecule has 0 radical (unpaired) electrons. The van der Waals surface area contributed by atoms with Gasteiger partial charge in [-0.1, -0.05) is 25.1 Å². The predicted molar refractivity (Wildman–Crippen MR) is 89.9 cm³/mol. The number of rotatable bonds is 6. The second kappa shape index (κ2) is 7.28. The molecule has 0 spiro atoms. The highest BCUT2D eigenvalue weighted by molar-refractivity contribution is 5.54. The number of hydrogen-bond acceptors (Lipinski definition) is 3. The number of anilines is 1. The van der Waals surface area contributed by atoms with E-state index in [1.54, 1.807) is 0 Å². The molecule has 1 aromatic rings. The van der Waals surface area contributed by atoms with Crippen molar-refractivity contribution in [2.24, 2.45) is 0 Å². The van der Waals surface area contributed by atoms with E-state index in [1.807, 2.05) is 0 Å². The molecule has 2 heterocycles. The van der Waals surface area contributed by atoms with Crippen LogP contribution >= 0.6 is 0 Å². The summed E-state index contributed by atoms with van der Waals surface area (Å²) in [6.45, 7) is 9.38. The summed E-state index contributed by atoms with van der Waals surface area (Å²) in [5, 5.41) is 3.54. The third kappa shape index (κ3) is 3.58. The number of nitrogens with one attached hydrogen (secondary N) is 1. The lowest BCUT2D eigenvalue weighted by Crippen LogP contribution is -2.35. The average molecular weight is 287 g/mol. The maximum Gasteiger partial charge on any atom is 0.0412 e. The maximum absolute atomic E-state index is 3.54. The first kappa shape index (κ1) is 14.9. The summed E-state index contributed by atoms with van der Waals surface area (Å²) < 4.78 is 0. The lowest BCUT2D eigenvalue weighted by molar-refractivity contribution is 0.260. The minimum atomic E-state index is 0.782. The number of benzene rings is 1. The highest BCUT2D eigenvalue weighted by Crippen LogP contribution is 2.27. The van der Waals surface area contributed by atoms with E-state index in [0.717, 1.165) is 19.1 Å². The van der Waals surface area contributed by atoms with Crippen molar-refractivity contribution in [2.75, 3.05) is 37.6 Å². The van der Waals surface area contributed by atoms with Gasteiger partial charge in [-0.25, -0.2) is 0 Å². The van der Waals surface area contributed by atoms with Gasteiger partial charge in [0, 0.05) is 31.4 Å². The predicted octanol–water partition coefficient (Wildman–Crippen LogP) is 2.86. The second-order valence-electron chi connectivity index (χ2n) is 6.44. The van der Waals surface area contributed by atoms with Gasteiger partial charge < -0.3 is 10.2 Å². The van der Waals surface area contributed by atoms with Crippen LogP contribution in [0, 0.1) is 0 Å². The zero-order valence-electron chi connectivity index (χ0n) is 13.4. The maximum atomic E-state index is 3.54. The van der Waals surface area contributed by atoms with E-state index in [0.29, 0.717) is 0 Å². The Kier molecular flexibility index (Phi) is 5.15. The molecule has 116 valence electrons. The standard InChI is InChI=1S/C18H29N3/c1-2-10-19-14-16-7-3-4-8-18(16)21-13-9-17(15-21)20-11-5-6-12-20/h3-4,7-8,17,19H,2,5-6,9-15H2,1H3. The SMILES string of the molecule is CCCNCc1ccccc1N1CCC(N2CCCC2)C1. The van der Waals surface area contributed by atoms with Crippen molar-refractivity contribution in [3.63, 3.8) is 0 Å². The lowest BCUT2D eigenvalue weighted by atomic mass is 10.1. The van der Waals surface area contributed by atoms with Crippen molar-refractivity contribution in [3.05, 3.63) is 29.8 Å². The van der Waals surface area contributed by atoms with Crippen LogP contribution in [0.4, 0.5) is 5.69 Å². The largest absolute Gasteiger partial charge is 0.370 e. The highest BCUT2D eigenvalue weighted by atomic mass is 15.3. The molecule has 3 rings (SSSR count). The molecule has 0 aromatic heterocycles. The van der Waals surface area contributed by atoms with E-state index < -0.39 is 0 Å². The summed E-state index contributed by atoms with van der Waals surface area (Å²) in [6.07, 6.45) is 5.32. The number of hydrogen-bond donors (Lipinski definition) is 1. The molecule has 2 saturated heterocycles. The summed E-state index contributed by atoms with van der Waals surface area (Å²) in [5.41, 5.74) is 2.90. The molecule has 1 unspecified atom stereocenters. The molecule has 3 nitrogen and oxygen atoms in total. The molecule has 0 bridgehead atoms. The van der Waals surface area contributed by atoms with Crippen molar-refractivity contribution >= 4 is 5.69 Å². The summed E-state index contributed by atoms with van der Waals surface area (Å²) in [4.78, 5) is 5.31. The summed E-state index contributed by atoms with van der Waals surface area (Å²) in [5.74, 6) is 0. The van der Waals surface area contributed by atoms with E-state index >= 15 is 0 Å². The van der Waals surface area contributed by atoms with E-state index in [-0.39, 0.29) is 0 Å². The molecule has 2 aliphatic heterocycles. The minimum Gasteiger partial charge on any atom is -0.370 e. The lowest BCUT2D eigenvalue weighted by Gasteiger charge is -2.26. The Morgan fingerprint density at radius 2 is 1.95 bits per heavy atom. The molecule has 0 saturated carbocycles. The first-order valence-corrected chi connectivity index (χ1v) is 8.66. The van der Waals surface area contributed by atoms with Crippen LogP contribution in [0.15, 0.2) is 24.3 Å². The Morgan fingerprint density at radius 1 is 1.14 bits per heavy atom. The smallest absolute Gasteiger partial charge is 0.0412 e. The molecule has 2 aliphatic rings. The molecular formula is C18H29N3. The third-order valence-corrected chi connectivity index (χ3v) is 4.89. The molecule has 21 heavy (non-hydrogen) atoms. The minimum absolute atomic E-state index is 0.782. The van der Waals surface area contributed by atoms with Crippen molar-refractivity contribution in [3.8, 4) is 0 Å². The van der Waals surface area contributed by atoms with Gasteiger partial charge in [0.05, 0.1) is 0 Å². The molecular weight excluding hydrogens is 258 g/mol. The van der Waals surface area contributed by atoms with Gasteiger partial charge in [-0.05, 0) is 56.9 Å². The zero-order valence-corrected chi connectivity index (χ0v) is 13.4. The molecule has 1 N–H and O–H groups in total. The summed E-state index contributed by atoms with van der Waals surface area (Å²) in [6, 6.07) is 9.71. The van der Waals surface area contributed by atoms with Gasteiger partial charge in [0.25, 0.3) is 0 Å². The van der Waals surface area contributed by atoms with Crippen LogP contribution in [-0.2, 0) is 6.54 Å². The molecule has 3 heteroatoms. The topological polar surface area (TPSA) is 18.5 Å². The molecule has 1 aromatic carbocycles. The van der Waals surface area contributed by atoms with Crippen LogP contribution in [-0.4, -0.2) is 43.7 Å². The molecule has 0 amide bonds. The van der Waals surface area contributed by atoms with E-state index in [9.17, 15) is 0 Å². The van der Waals surface area contributed by atoms with Crippen LogP contribution in [0.2, 0.25) is 0 Å². The Balaban J connectivity index is 1.63. The van der Waals surface area contributed by atoms with Crippen molar-refractivity contribution < 1.29 is 0 Å². The van der Waals surface area contributed by atoms with Crippen LogP contribution in [0.25, 0.3) is 0 Å². The monoisotopic (exact) mass is 287 g/mol. The van der Waals surface area contributed by atoms with Crippen LogP contribution in [0.5, 0.6) is 0 Å². The zero-order chi connectivity index (χ0) is 14.5. The fourth-order valence-electron chi connectivity index (χ4n) is 3.73. The average Bonchev–Trinajstić information content (AvgIpc) is 3.19. The number of para-hydroxylation sites is 1. The second-order valence-corrected chi connectivity index (χ2v) is 6.44. The molecule has 1 atom stereocenters. The van der Waals surface area contributed by atoms with Crippen LogP contribution in [0.1, 0.15) is 38.2 Å². The Hall–Kier alpha value is -1.06. The summed E-state index contributed by atoms with van der Waals surface area (Å²) >= 11 is 0. The Labute approximate surface area is 129 Å². The van der Waals surface area contributed by atoms with Gasteiger partial charge in [0.1, 0.15) is 0 Å². The molecule has 0 aliphatic carbocycles. The van der Waals surface area contributed by atoms with Crippen molar-refractivity contribution in [2.45, 2.75) is 45.2 Å². The normalized spacial score (nSPS) is 23.1. The van der Waals surface area contributed by atoms with Crippen LogP contribution in [0.3, 0.4) is 0 Å². The highest BCUT2D eigenvalue weighted by Gasteiger charge is 2.29. The van der Waals surface area contributed by atoms with E-state index in [1.165, 1.54) is 63.1 Å². The van der Waals surface area contributed by atoms with Crippen molar-refractivity contribution in [1.82, 2.24) is 10.2 Å². The quantitative estimate of drug-likeness (QED) is 0.812. The first-order valence-electron chi connectivity index (χ1n) is 8.66.